The van der Waals surface area contributed by atoms with Crippen molar-refractivity contribution in [1.82, 2.24) is 4.72 Å². The third-order valence-corrected chi connectivity index (χ3v) is 5.02. The van der Waals surface area contributed by atoms with Gasteiger partial charge in [0.25, 0.3) is 0 Å². The molecule has 0 radical (unpaired) electrons. The molecule has 0 aliphatic carbocycles. The molecule has 0 saturated carbocycles. The third-order valence-electron chi connectivity index (χ3n) is 3.57. The first-order valence-electron chi connectivity index (χ1n) is 7.06. The first-order chi connectivity index (χ1) is 9.95. The highest BCUT2D eigenvalue weighted by Gasteiger charge is 2.24. The van der Waals surface area contributed by atoms with Gasteiger partial charge in [-0.2, -0.15) is 0 Å². The Balaban J connectivity index is 2.18. The Morgan fingerprint density at radius 3 is 2.81 bits per heavy atom. The van der Waals surface area contributed by atoms with Crippen LogP contribution in [0.5, 0.6) is 0 Å². The van der Waals surface area contributed by atoms with Crippen LogP contribution in [0.2, 0.25) is 0 Å². The average molecular weight is 311 g/mol. The van der Waals surface area contributed by atoms with Crippen molar-refractivity contribution >= 4 is 21.6 Å². The molecule has 0 aromatic heterocycles. The fourth-order valence-corrected chi connectivity index (χ4v) is 3.51. The molecule has 0 fully saturated rings. The monoisotopic (exact) mass is 311 g/mol. The maximum absolute atomic E-state index is 12.2. The Kier molecular flexibility index (Phi) is 4.97. The molecule has 1 amide bonds. The van der Waals surface area contributed by atoms with Gasteiger partial charge in [0.15, 0.2) is 0 Å². The number of nitrogens with one attached hydrogen (secondary N) is 1. The van der Waals surface area contributed by atoms with Crippen LogP contribution in [0.1, 0.15) is 25.3 Å². The quantitative estimate of drug-likeness (QED) is 0.753. The molecule has 21 heavy (non-hydrogen) atoms. The van der Waals surface area contributed by atoms with Crippen molar-refractivity contribution in [2.45, 2.75) is 31.1 Å². The van der Waals surface area contributed by atoms with Gasteiger partial charge in [-0.1, -0.05) is 6.07 Å². The fourth-order valence-electron chi connectivity index (χ4n) is 2.41. The molecule has 0 spiro atoms. The number of benzene rings is 1. The summed E-state index contributed by atoms with van der Waals surface area (Å²) >= 11 is 0. The van der Waals surface area contributed by atoms with E-state index in [0.717, 1.165) is 18.4 Å². The van der Waals surface area contributed by atoms with Crippen LogP contribution >= 0.6 is 0 Å². The number of nitrogens with two attached hydrogens (primary N) is 1. The number of hydrogen-bond donors (Lipinski definition) is 2. The highest BCUT2D eigenvalue weighted by molar-refractivity contribution is 7.89. The van der Waals surface area contributed by atoms with Crippen LogP contribution in [-0.2, 0) is 21.2 Å². The molecule has 7 heteroatoms. The Bertz CT molecular complexity index is 628. The topological polar surface area (TPSA) is 92.5 Å². The van der Waals surface area contributed by atoms with E-state index in [-0.39, 0.29) is 10.8 Å². The molecular weight excluding hydrogens is 290 g/mol. The SMILES string of the molecule is CC(=O)N1CCc2ccc(S(=O)(=O)NCCCCN)cc21. The van der Waals surface area contributed by atoms with Gasteiger partial charge in [0, 0.05) is 25.7 Å². The van der Waals surface area contributed by atoms with Crippen molar-refractivity contribution in [3.05, 3.63) is 23.8 Å². The maximum Gasteiger partial charge on any atom is 0.240 e. The van der Waals surface area contributed by atoms with Gasteiger partial charge in [-0.3, -0.25) is 4.79 Å². The fraction of sp³-hybridized carbons (Fsp3) is 0.500. The third kappa shape index (κ3) is 3.61. The molecule has 0 unspecified atom stereocenters. The molecule has 0 saturated heterocycles. The summed E-state index contributed by atoms with van der Waals surface area (Å²) < 4.78 is 27.0. The number of rotatable bonds is 6. The first kappa shape index (κ1) is 15.9. The predicted octanol–water partition coefficient (Wildman–Crippen LogP) is 0.613. The van der Waals surface area contributed by atoms with Gasteiger partial charge < -0.3 is 10.6 Å². The van der Waals surface area contributed by atoms with E-state index in [1.54, 1.807) is 23.1 Å². The van der Waals surface area contributed by atoms with Crippen LogP contribution < -0.4 is 15.4 Å². The van der Waals surface area contributed by atoms with Crippen molar-refractivity contribution in [2.24, 2.45) is 5.73 Å². The highest BCUT2D eigenvalue weighted by Crippen LogP contribution is 2.30. The molecular formula is C14H21N3O3S. The lowest BCUT2D eigenvalue weighted by atomic mass is 10.2. The second-order valence-electron chi connectivity index (χ2n) is 5.10. The van der Waals surface area contributed by atoms with Crippen molar-refractivity contribution < 1.29 is 13.2 Å². The summed E-state index contributed by atoms with van der Waals surface area (Å²) in [4.78, 5) is 13.4. The number of carbonyl (C=O) groups excluding carboxylic acids is 1. The Morgan fingerprint density at radius 2 is 2.14 bits per heavy atom. The number of unbranched alkanes of at least 4 members (excludes halogenated alkanes) is 1. The van der Waals surface area contributed by atoms with Gasteiger partial charge in [0.2, 0.25) is 15.9 Å². The molecule has 116 valence electrons. The van der Waals surface area contributed by atoms with Gasteiger partial charge in [-0.05, 0) is 43.5 Å². The minimum absolute atomic E-state index is 0.0702. The number of nitrogens with zero attached hydrogens (tertiary/aromatic N) is 1. The zero-order valence-electron chi connectivity index (χ0n) is 12.1. The average Bonchev–Trinajstić information content (AvgIpc) is 2.86. The summed E-state index contributed by atoms with van der Waals surface area (Å²) in [5, 5.41) is 0. The number of carbonyl (C=O) groups is 1. The molecule has 2 rings (SSSR count). The molecule has 0 atom stereocenters. The van der Waals surface area contributed by atoms with Gasteiger partial charge in [0.05, 0.1) is 4.90 Å². The molecule has 1 aliphatic heterocycles. The lowest BCUT2D eigenvalue weighted by Crippen LogP contribution is -2.27. The highest BCUT2D eigenvalue weighted by atomic mass is 32.2. The largest absolute Gasteiger partial charge is 0.330 e. The van der Waals surface area contributed by atoms with E-state index in [1.807, 2.05) is 0 Å². The lowest BCUT2D eigenvalue weighted by molar-refractivity contribution is -0.116. The van der Waals surface area contributed by atoms with E-state index in [1.165, 1.54) is 6.92 Å². The number of sulfonamides is 1. The van der Waals surface area contributed by atoms with E-state index in [2.05, 4.69) is 4.72 Å². The molecule has 1 heterocycles. The number of hydrogen-bond acceptors (Lipinski definition) is 4. The van der Waals surface area contributed by atoms with Crippen molar-refractivity contribution in [3.63, 3.8) is 0 Å². The zero-order chi connectivity index (χ0) is 15.5. The summed E-state index contributed by atoms with van der Waals surface area (Å²) in [5.74, 6) is -0.0702. The second kappa shape index (κ2) is 6.55. The normalized spacial score (nSPS) is 14.3. The van der Waals surface area contributed by atoms with Crippen LogP contribution in [0.4, 0.5) is 5.69 Å². The van der Waals surface area contributed by atoms with E-state index in [4.69, 9.17) is 5.73 Å². The second-order valence-corrected chi connectivity index (χ2v) is 6.87. The van der Waals surface area contributed by atoms with Crippen LogP contribution in [0.25, 0.3) is 0 Å². The van der Waals surface area contributed by atoms with E-state index in [0.29, 0.717) is 31.7 Å². The summed E-state index contributed by atoms with van der Waals surface area (Å²) in [6.45, 7) is 3.01. The minimum Gasteiger partial charge on any atom is -0.330 e. The molecule has 6 nitrogen and oxygen atoms in total. The number of fused-ring (bicyclic) bond motifs is 1. The van der Waals surface area contributed by atoms with E-state index < -0.39 is 10.0 Å². The smallest absolute Gasteiger partial charge is 0.240 e. The number of anilines is 1. The zero-order valence-corrected chi connectivity index (χ0v) is 12.9. The van der Waals surface area contributed by atoms with Gasteiger partial charge in [-0.25, -0.2) is 13.1 Å². The molecule has 1 aromatic rings. The summed E-state index contributed by atoms with van der Waals surface area (Å²) in [6, 6.07) is 4.95. The molecule has 1 aliphatic rings. The van der Waals surface area contributed by atoms with Crippen molar-refractivity contribution in [1.29, 1.82) is 0 Å². The Labute approximate surface area is 125 Å². The van der Waals surface area contributed by atoms with Crippen molar-refractivity contribution in [2.75, 3.05) is 24.5 Å². The van der Waals surface area contributed by atoms with Crippen LogP contribution in [0.3, 0.4) is 0 Å². The van der Waals surface area contributed by atoms with Crippen LogP contribution in [0.15, 0.2) is 23.1 Å². The predicted molar refractivity (Wildman–Crippen MR) is 81.6 cm³/mol. The summed E-state index contributed by atoms with van der Waals surface area (Å²) in [5.41, 5.74) is 7.09. The van der Waals surface area contributed by atoms with Gasteiger partial charge >= 0.3 is 0 Å². The molecule has 0 bridgehead atoms. The number of amides is 1. The standard InChI is InChI=1S/C14H21N3O3S/c1-11(18)17-9-6-12-4-5-13(10-14(12)17)21(19,20)16-8-3-2-7-15/h4-5,10,16H,2-3,6-9,15H2,1H3. The van der Waals surface area contributed by atoms with Crippen LogP contribution in [0, 0.1) is 0 Å². The van der Waals surface area contributed by atoms with Crippen molar-refractivity contribution in [3.8, 4) is 0 Å². The van der Waals surface area contributed by atoms with Gasteiger partial charge in [0.1, 0.15) is 0 Å². The summed E-state index contributed by atoms with van der Waals surface area (Å²) in [6.07, 6.45) is 2.25. The van der Waals surface area contributed by atoms with Crippen LogP contribution in [-0.4, -0.2) is 34.0 Å². The first-order valence-corrected chi connectivity index (χ1v) is 8.55. The van der Waals surface area contributed by atoms with E-state index >= 15 is 0 Å². The summed E-state index contributed by atoms with van der Waals surface area (Å²) in [7, 11) is -3.54. The lowest BCUT2D eigenvalue weighted by Gasteiger charge is -2.15. The molecule has 1 aromatic carbocycles. The van der Waals surface area contributed by atoms with E-state index in [9.17, 15) is 13.2 Å². The maximum atomic E-state index is 12.2. The minimum atomic E-state index is -3.54. The Morgan fingerprint density at radius 1 is 1.38 bits per heavy atom. The van der Waals surface area contributed by atoms with Gasteiger partial charge in [-0.15, -0.1) is 0 Å². The molecule has 3 N–H and O–H groups in total. The Hall–Kier alpha value is -1.44.